The van der Waals surface area contributed by atoms with Crippen LogP contribution in [-0.2, 0) is 4.79 Å². The minimum absolute atomic E-state index is 0.0853. The first-order chi connectivity index (χ1) is 9.56. The van der Waals surface area contributed by atoms with Crippen molar-refractivity contribution in [1.82, 2.24) is 10.6 Å². The van der Waals surface area contributed by atoms with Gasteiger partial charge in [0.1, 0.15) is 0 Å². The van der Waals surface area contributed by atoms with E-state index in [9.17, 15) is 9.90 Å². The van der Waals surface area contributed by atoms with Gasteiger partial charge in [0.2, 0.25) is 12.7 Å². The van der Waals surface area contributed by atoms with E-state index in [0.717, 1.165) is 5.56 Å². The summed E-state index contributed by atoms with van der Waals surface area (Å²) in [7, 11) is 0. The SMILES string of the molecule is CC(C)NC(=O)CNCC(O)c1ccc2c(c1)OCO2. The quantitative estimate of drug-likeness (QED) is 0.709. The van der Waals surface area contributed by atoms with Crippen molar-refractivity contribution in [3.8, 4) is 11.5 Å². The molecule has 0 radical (unpaired) electrons. The Morgan fingerprint density at radius 1 is 1.35 bits per heavy atom. The largest absolute Gasteiger partial charge is 0.454 e. The van der Waals surface area contributed by atoms with Crippen molar-refractivity contribution >= 4 is 5.91 Å². The van der Waals surface area contributed by atoms with Crippen LogP contribution in [0.1, 0.15) is 25.5 Å². The molecule has 0 fully saturated rings. The average molecular weight is 280 g/mol. The van der Waals surface area contributed by atoms with Gasteiger partial charge < -0.3 is 25.2 Å². The summed E-state index contributed by atoms with van der Waals surface area (Å²) in [4.78, 5) is 11.4. The number of benzene rings is 1. The third-order valence-electron chi connectivity index (χ3n) is 2.85. The van der Waals surface area contributed by atoms with Gasteiger partial charge in [0, 0.05) is 12.6 Å². The standard InChI is InChI=1S/C14H20N2O4/c1-9(2)16-14(18)7-15-6-11(17)10-3-4-12-13(5-10)20-8-19-12/h3-5,9,11,15,17H,6-8H2,1-2H3,(H,16,18). The fourth-order valence-electron chi connectivity index (χ4n) is 1.93. The molecule has 110 valence electrons. The number of hydrogen-bond acceptors (Lipinski definition) is 5. The monoisotopic (exact) mass is 280 g/mol. The van der Waals surface area contributed by atoms with Crippen LogP contribution in [0.5, 0.6) is 11.5 Å². The van der Waals surface area contributed by atoms with Crippen molar-refractivity contribution in [3.05, 3.63) is 23.8 Å². The number of amides is 1. The van der Waals surface area contributed by atoms with Crippen LogP contribution in [-0.4, -0.2) is 36.9 Å². The number of fused-ring (bicyclic) bond motifs is 1. The molecule has 0 aromatic heterocycles. The van der Waals surface area contributed by atoms with Gasteiger partial charge >= 0.3 is 0 Å². The van der Waals surface area contributed by atoms with Crippen LogP contribution in [0.15, 0.2) is 18.2 Å². The molecule has 0 spiro atoms. The zero-order chi connectivity index (χ0) is 14.5. The van der Waals surface area contributed by atoms with E-state index in [2.05, 4.69) is 10.6 Å². The summed E-state index contributed by atoms with van der Waals surface area (Å²) in [6, 6.07) is 5.42. The average Bonchev–Trinajstić information content (AvgIpc) is 2.84. The first kappa shape index (κ1) is 14.6. The Hall–Kier alpha value is -1.79. The molecule has 1 aromatic rings. The van der Waals surface area contributed by atoms with Crippen LogP contribution >= 0.6 is 0 Å². The van der Waals surface area contributed by atoms with Crippen LogP contribution in [0.3, 0.4) is 0 Å². The minimum atomic E-state index is -0.698. The number of aliphatic hydroxyl groups excluding tert-OH is 1. The Bertz CT molecular complexity index is 476. The highest BCUT2D eigenvalue weighted by atomic mass is 16.7. The van der Waals surface area contributed by atoms with Crippen molar-refractivity contribution in [1.29, 1.82) is 0 Å². The van der Waals surface area contributed by atoms with Gasteiger partial charge in [-0.3, -0.25) is 4.79 Å². The second-order valence-corrected chi connectivity index (χ2v) is 4.98. The number of hydrogen-bond donors (Lipinski definition) is 3. The van der Waals surface area contributed by atoms with Gasteiger partial charge in [-0.1, -0.05) is 6.07 Å². The van der Waals surface area contributed by atoms with E-state index in [1.807, 2.05) is 13.8 Å². The lowest BCUT2D eigenvalue weighted by Gasteiger charge is -2.13. The fraction of sp³-hybridized carbons (Fsp3) is 0.500. The maximum Gasteiger partial charge on any atom is 0.234 e. The summed E-state index contributed by atoms with van der Waals surface area (Å²) >= 11 is 0. The normalized spacial score (nSPS) is 14.4. The highest BCUT2D eigenvalue weighted by molar-refractivity contribution is 5.78. The highest BCUT2D eigenvalue weighted by Crippen LogP contribution is 2.33. The number of rotatable bonds is 6. The van der Waals surface area contributed by atoms with Crippen LogP contribution in [0.2, 0.25) is 0 Å². The van der Waals surface area contributed by atoms with E-state index in [4.69, 9.17) is 9.47 Å². The van der Waals surface area contributed by atoms with Gasteiger partial charge in [0.15, 0.2) is 11.5 Å². The van der Waals surface area contributed by atoms with Crippen molar-refractivity contribution in [3.63, 3.8) is 0 Å². The lowest BCUT2D eigenvalue weighted by molar-refractivity contribution is -0.120. The summed E-state index contributed by atoms with van der Waals surface area (Å²) in [6.45, 7) is 4.49. The number of nitrogens with one attached hydrogen (secondary N) is 2. The molecule has 1 heterocycles. The summed E-state index contributed by atoms with van der Waals surface area (Å²) < 4.78 is 10.5. The second-order valence-electron chi connectivity index (χ2n) is 4.98. The van der Waals surface area contributed by atoms with Crippen LogP contribution < -0.4 is 20.1 Å². The van der Waals surface area contributed by atoms with E-state index in [1.165, 1.54) is 0 Å². The number of aliphatic hydroxyl groups is 1. The van der Waals surface area contributed by atoms with E-state index in [-0.39, 0.29) is 25.3 Å². The molecule has 1 aromatic carbocycles. The first-order valence-electron chi connectivity index (χ1n) is 6.64. The van der Waals surface area contributed by atoms with Gasteiger partial charge in [-0.05, 0) is 31.5 Å². The molecule has 6 nitrogen and oxygen atoms in total. The molecule has 1 unspecified atom stereocenters. The third kappa shape index (κ3) is 3.85. The molecule has 0 saturated heterocycles. The minimum Gasteiger partial charge on any atom is -0.454 e. The molecule has 2 rings (SSSR count). The molecule has 3 N–H and O–H groups in total. The predicted molar refractivity (Wildman–Crippen MR) is 73.7 cm³/mol. The molecular weight excluding hydrogens is 260 g/mol. The highest BCUT2D eigenvalue weighted by Gasteiger charge is 2.16. The topological polar surface area (TPSA) is 79.8 Å². The summed E-state index contributed by atoms with van der Waals surface area (Å²) in [6.07, 6.45) is -0.698. The molecule has 0 bridgehead atoms. The van der Waals surface area contributed by atoms with Gasteiger partial charge in [-0.2, -0.15) is 0 Å². The Kier molecular flexibility index (Phi) is 4.81. The lowest BCUT2D eigenvalue weighted by Crippen LogP contribution is -2.38. The van der Waals surface area contributed by atoms with Crippen molar-refractivity contribution in [2.45, 2.75) is 26.0 Å². The molecule has 6 heteroatoms. The van der Waals surface area contributed by atoms with E-state index >= 15 is 0 Å². The van der Waals surface area contributed by atoms with Crippen molar-refractivity contribution in [2.24, 2.45) is 0 Å². The van der Waals surface area contributed by atoms with Crippen LogP contribution in [0, 0.1) is 0 Å². The Labute approximate surface area is 118 Å². The zero-order valence-electron chi connectivity index (χ0n) is 11.7. The molecule has 1 aliphatic heterocycles. The molecule has 0 aliphatic carbocycles. The Morgan fingerprint density at radius 2 is 2.10 bits per heavy atom. The van der Waals surface area contributed by atoms with E-state index < -0.39 is 6.10 Å². The van der Waals surface area contributed by atoms with Crippen LogP contribution in [0.4, 0.5) is 0 Å². The van der Waals surface area contributed by atoms with Gasteiger partial charge in [-0.25, -0.2) is 0 Å². The predicted octanol–water partition coefficient (Wildman–Crippen LogP) is 0.563. The van der Waals surface area contributed by atoms with Gasteiger partial charge in [0.05, 0.1) is 12.6 Å². The maximum atomic E-state index is 11.4. The molecule has 0 saturated carbocycles. The van der Waals surface area contributed by atoms with Crippen LogP contribution in [0.25, 0.3) is 0 Å². The van der Waals surface area contributed by atoms with Gasteiger partial charge in [0.25, 0.3) is 0 Å². The molecule has 20 heavy (non-hydrogen) atoms. The summed E-state index contributed by atoms with van der Waals surface area (Å²) in [5, 5.41) is 15.7. The maximum absolute atomic E-state index is 11.4. The number of ether oxygens (including phenoxy) is 2. The second kappa shape index (κ2) is 6.58. The molecular formula is C14H20N2O4. The van der Waals surface area contributed by atoms with Crippen molar-refractivity contribution in [2.75, 3.05) is 19.9 Å². The number of carbonyl (C=O) groups excluding carboxylic acids is 1. The molecule has 1 aliphatic rings. The lowest BCUT2D eigenvalue weighted by atomic mass is 10.1. The van der Waals surface area contributed by atoms with E-state index in [0.29, 0.717) is 18.0 Å². The Balaban J connectivity index is 1.80. The van der Waals surface area contributed by atoms with E-state index in [1.54, 1.807) is 18.2 Å². The number of carbonyl (C=O) groups is 1. The van der Waals surface area contributed by atoms with Crippen molar-refractivity contribution < 1.29 is 19.4 Å². The molecule has 1 amide bonds. The summed E-state index contributed by atoms with van der Waals surface area (Å²) in [5.74, 6) is 1.24. The molecule has 1 atom stereocenters. The Morgan fingerprint density at radius 3 is 2.85 bits per heavy atom. The summed E-state index contributed by atoms with van der Waals surface area (Å²) in [5.41, 5.74) is 0.728. The third-order valence-corrected chi connectivity index (χ3v) is 2.85. The fourth-order valence-corrected chi connectivity index (χ4v) is 1.93. The smallest absolute Gasteiger partial charge is 0.234 e. The first-order valence-corrected chi connectivity index (χ1v) is 6.64. The van der Waals surface area contributed by atoms with Gasteiger partial charge in [-0.15, -0.1) is 0 Å². The zero-order valence-corrected chi connectivity index (χ0v) is 11.7.